The number of amides is 3. The van der Waals surface area contributed by atoms with Gasteiger partial charge in [0.1, 0.15) is 0 Å². The van der Waals surface area contributed by atoms with Gasteiger partial charge >= 0.3 is 6.03 Å². The molecule has 1 aliphatic rings. The number of hydrogen-bond donors (Lipinski definition) is 3. The van der Waals surface area contributed by atoms with Crippen molar-refractivity contribution in [1.29, 1.82) is 0 Å². The van der Waals surface area contributed by atoms with E-state index in [0.29, 0.717) is 17.3 Å². The standard InChI is InChI=1S/C20H23N3O2/c1-13-8-9-16(19(24)22-17-10-11-17)12-18(13)23-20(25)21-14(2)15-6-4-3-5-7-15/h3-9,12,14,17H,10-11H2,1-2H3,(H,22,24)(H2,21,23,25). The smallest absolute Gasteiger partial charge is 0.319 e. The molecule has 0 saturated heterocycles. The van der Waals surface area contributed by atoms with Gasteiger partial charge in [0.25, 0.3) is 5.91 Å². The van der Waals surface area contributed by atoms with Crippen LogP contribution < -0.4 is 16.0 Å². The molecule has 2 aromatic carbocycles. The van der Waals surface area contributed by atoms with E-state index in [2.05, 4.69) is 16.0 Å². The van der Waals surface area contributed by atoms with E-state index in [1.807, 2.05) is 50.2 Å². The van der Waals surface area contributed by atoms with Gasteiger partial charge in [0, 0.05) is 17.3 Å². The lowest BCUT2D eigenvalue weighted by Gasteiger charge is -2.16. The number of carbonyl (C=O) groups excluding carboxylic acids is 2. The second kappa shape index (κ2) is 7.38. The summed E-state index contributed by atoms with van der Waals surface area (Å²) in [5, 5.41) is 8.71. The van der Waals surface area contributed by atoms with Crippen LogP contribution in [0.1, 0.15) is 47.3 Å². The van der Waals surface area contributed by atoms with Gasteiger partial charge in [-0.15, -0.1) is 0 Å². The Morgan fingerprint density at radius 3 is 2.48 bits per heavy atom. The Labute approximate surface area is 147 Å². The Morgan fingerprint density at radius 2 is 1.80 bits per heavy atom. The molecule has 5 nitrogen and oxygen atoms in total. The Balaban J connectivity index is 1.64. The van der Waals surface area contributed by atoms with Gasteiger partial charge in [-0.05, 0) is 49.9 Å². The van der Waals surface area contributed by atoms with Crippen LogP contribution >= 0.6 is 0 Å². The molecule has 0 spiro atoms. The molecule has 0 heterocycles. The van der Waals surface area contributed by atoms with Crippen LogP contribution in [0.25, 0.3) is 0 Å². The van der Waals surface area contributed by atoms with Gasteiger partial charge < -0.3 is 16.0 Å². The maximum absolute atomic E-state index is 12.3. The number of aryl methyl sites for hydroxylation is 1. The van der Waals surface area contributed by atoms with Crippen molar-refractivity contribution in [2.75, 3.05) is 5.32 Å². The number of rotatable bonds is 5. The van der Waals surface area contributed by atoms with Gasteiger partial charge in [0.2, 0.25) is 0 Å². The fourth-order valence-electron chi connectivity index (χ4n) is 2.57. The fourth-order valence-corrected chi connectivity index (χ4v) is 2.57. The first kappa shape index (κ1) is 17.0. The highest BCUT2D eigenvalue weighted by atomic mass is 16.2. The van der Waals surface area contributed by atoms with E-state index in [1.54, 1.807) is 12.1 Å². The molecule has 1 aliphatic carbocycles. The van der Waals surface area contributed by atoms with E-state index in [9.17, 15) is 9.59 Å². The van der Waals surface area contributed by atoms with Crippen LogP contribution in [0.15, 0.2) is 48.5 Å². The highest BCUT2D eigenvalue weighted by Gasteiger charge is 2.24. The highest BCUT2D eigenvalue weighted by Crippen LogP contribution is 2.21. The average Bonchev–Trinajstić information content (AvgIpc) is 3.41. The third kappa shape index (κ3) is 4.59. The summed E-state index contributed by atoms with van der Waals surface area (Å²) in [6.45, 7) is 3.83. The average molecular weight is 337 g/mol. The molecule has 3 rings (SSSR count). The number of nitrogens with one attached hydrogen (secondary N) is 3. The van der Waals surface area contributed by atoms with Gasteiger partial charge in [-0.1, -0.05) is 36.4 Å². The topological polar surface area (TPSA) is 70.2 Å². The minimum absolute atomic E-state index is 0.0939. The predicted octanol–water partition coefficient (Wildman–Crippen LogP) is 3.77. The Kier molecular flexibility index (Phi) is 5.03. The lowest BCUT2D eigenvalue weighted by molar-refractivity contribution is 0.0951. The number of hydrogen-bond acceptors (Lipinski definition) is 2. The monoisotopic (exact) mass is 337 g/mol. The summed E-state index contributed by atoms with van der Waals surface area (Å²) in [7, 11) is 0. The third-order valence-electron chi connectivity index (χ3n) is 4.31. The van der Waals surface area contributed by atoms with Gasteiger partial charge in [-0.3, -0.25) is 4.79 Å². The van der Waals surface area contributed by atoms with E-state index in [0.717, 1.165) is 24.0 Å². The molecule has 3 N–H and O–H groups in total. The Morgan fingerprint density at radius 1 is 1.08 bits per heavy atom. The summed E-state index contributed by atoms with van der Waals surface area (Å²) in [5.41, 5.74) is 3.14. The molecular weight excluding hydrogens is 314 g/mol. The maximum Gasteiger partial charge on any atom is 0.319 e. The van der Waals surface area contributed by atoms with Crippen molar-refractivity contribution in [3.8, 4) is 0 Å². The lowest BCUT2D eigenvalue weighted by Crippen LogP contribution is -2.31. The van der Waals surface area contributed by atoms with Crippen LogP contribution in [0.4, 0.5) is 10.5 Å². The van der Waals surface area contributed by atoms with E-state index in [4.69, 9.17) is 0 Å². The predicted molar refractivity (Wildman–Crippen MR) is 98.7 cm³/mol. The minimum Gasteiger partial charge on any atom is -0.349 e. The van der Waals surface area contributed by atoms with Crippen LogP contribution in [0.5, 0.6) is 0 Å². The normalized spacial score (nSPS) is 14.5. The van der Waals surface area contributed by atoms with E-state index in [1.165, 1.54) is 0 Å². The molecule has 0 radical (unpaired) electrons. The largest absolute Gasteiger partial charge is 0.349 e. The van der Waals surface area contributed by atoms with Crippen LogP contribution in [-0.4, -0.2) is 18.0 Å². The maximum atomic E-state index is 12.3. The molecule has 1 fully saturated rings. The fraction of sp³-hybridized carbons (Fsp3) is 0.300. The van der Waals surface area contributed by atoms with Crippen molar-refractivity contribution in [3.05, 3.63) is 65.2 Å². The summed E-state index contributed by atoms with van der Waals surface area (Å²) in [5.74, 6) is -0.0939. The molecule has 1 saturated carbocycles. The number of carbonyl (C=O) groups is 2. The molecule has 25 heavy (non-hydrogen) atoms. The Bertz CT molecular complexity index is 770. The summed E-state index contributed by atoms with van der Waals surface area (Å²) >= 11 is 0. The molecular formula is C20H23N3O2. The zero-order chi connectivity index (χ0) is 17.8. The van der Waals surface area contributed by atoms with E-state index >= 15 is 0 Å². The zero-order valence-corrected chi connectivity index (χ0v) is 14.5. The summed E-state index contributed by atoms with van der Waals surface area (Å²) in [6.07, 6.45) is 2.09. The van der Waals surface area contributed by atoms with Gasteiger partial charge in [-0.2, -0.15) is 0 Å². The first-order chi connectivity index (χ1) is 12.0. The van der Waals surface area contributed by atoms with Crippen molar-refractivity contribution < 1.29 is 9.59 Å². The summed E-state index contributed by atoms with van der Waals surface area (Å²) in [6, 6.07) is 15.0. The molecule has 0 aliphatic heterocycles. The molecule has 5 heteroatoms. The second-order valence-electron chi connectivity index (χ2n) is 6.51. The third-order valence-corrected chi connectivity index (χ3v) is 4.31. The van der Waals surface area contributed by atoms with Gasteiger partial charge in [0.05, 0.1) is 6.04 Å². The molecule has 2 aromatic rings. The van der Waals surface area contributed by atoms with Gasteiger partial charge in [0.15, 0.2) is 0 Å². The van der Waals surface area contributed by atoms with Crippen LogP contribution in [-0.2, 0) is 0 Å². The Hall–Kier alpha value is -2.82. The number of anilines is 1. The second-order valence-corrected chi connectivity index (χ2v) is 6.51. The number of benzene rings is 2. The molecule has 0 aromatic heterocycles. The zero-order valence-electron chi connectivity index (χ0n) is 14.5. The number of urea groups is 1. The lowest BCUT2D eigenvalue weighted by atomic mass is 10.1. The van der Waals surface area contributed by atoms with E-state index < -0.39 is 0 Å². The molecule has 1 atom stereocenters. The van der Waals surface area contributed by atoms with E-state index in [-0.39, 0.29) is 18.0 Å². The SMILES string of the molecule is Cc1ccc(C(=O)NC2CC2)cc1NC(=O)NC(C)c1ccccc1. The van der Waals surface area contributed by atoms with Crippen molar-refractivity contribution in [2.24, 2.45) is 0 Å². The molecule has 1 unspecified atom stereocenters. The van der Waals surface area contributed by atoms with Gasteiger partial charge in [-0.25, -0.2) is 4.79 Å². The molecule has 0 bridgehead atoms. The molecule has 3 amide bonds. The van der Waals surface area contributed by atoms with Crippen LogP contribution in [0, 0.1) is 6.92 Å². The van der Waals surface area contributed by atoms with Crippen molar-refractivity contribution in [3.63, 3.8) is 0 Å². The van der Waals surface area contributed by atoms with Crippen molar-refractivity contribution >= 4 is 17.6 Å². The quantitative estimate of drug-likeness (QED) is 0.777. The van der Waals surface area contributed by atoms with Crippen LogP contribution in [0.3, 0.4) is 0 Å². The summed E-state index contributed by atoms with van der Waals surface area (Å²) < 4.78 is 0. The first-order valence-electron chi connectivity index (χ1n) is 8.57. The highest BCUT2D eigenvalue weighted by molar-refractivity contribution is 5.97. The van der Waals surface area contributed by atoms with Crippen molar-refractivity contribution in [1.82, 2.24) is 10.6 Å². The molecule has 130 valence electrons. The summed E-state index contributed by atoms with van der Waals surface area (Å²) in [4.78, 5) is 24.5. The minimum atomic E-state index is -0.292. The van der Waals surface area contributed by atoms with Crippen LogP contribution in [0.2, 0.25) is 0 Å². The van der Waals surface area contributed by atoms with Crippen molar-refractivity contribution in [2.45, 2.75) is 38.8 Å². The first-order valence-corrected chi connectivity index (χ1v) is 8.57.